The van der Waals surface area contributed by atoms with Crippen LogP contribution in [0.2, 0.25) is 0 Å². The van der Waals surface area contributed by atoms with Crippen LogP contribution < -0.4 is 0 Å². The van der Waals surface area contributed by atoms with Crippen LogP contribution in [0.25, 0.3) is 0 Å². The minimum atomic E-state index is 0.643. The highest BCUT2D eigenvalue weighted by Gasteiger charge is 2.24. The van der Waals surface area contributed by atoms with Gasteiger partial charge in [0.15, 0.2) is 0 Å². The van der Waals surface area contributed by atoms with Crippen LogP contribution in [0.4, 0.5) is 0 Å². The molecule has 0 aromatic carbocycles. The SMILES string of the molecule is CCCCCCCCCCCCCCCCCCCN1C=CN(CCCC)C1CCCCCC. The lowest BCUT2D eigenvalue weighted by atomic mass is 10.0. The lowest BCUT2D eigenvalue weighted by Crippen LogP contribution is -2.39. The molecule has 0 fully saturated rings. The van der Waals surface area contributed by atoms with E-state index in [0.29, 0.717) is 6.17 Å². The van der Waals surface area contributed by atoms with E-state index in [4.69, 9.17) is 0 Å². The van der Waals surface area contributed by atoms with E-state index < -0.39 is 0 Å². The highest BCUT2D eigenvalue weighted by Crippen LogP contribution is 2.23. The molecule has 0 aromatic heterocycles. The molecule has 0 aliphatic carbocycles. The Morgan fingerprint density at radius 1 is 0.382 bits per heavy atom. The van der Waals surface area contributed by atoms with E-state index in [2.05, 4.69) is 43.0 Å². The summed E-state index contributed by atoms with van der Waals surface area (Å²) in [7, 11) is 0. The van der Waals surface area contributed by atoms with Gasteiger partial charge in [-0.05, 0) is 25.7 Å². The first-order valence-electron chi connectivity index (χ1n) is 16.0. The Morgan fingerprint density at radius 2 is 0.706 bits per heavy atom. The minimum absolute atomic E-state index is 0.643. The van der Waals surface area contributed by atoms with Crippen molar-refractivity contribution in [1.29, 1.82) is 0 Å². The molecule has 0 amide bonds. The second-order valence-electron chi connectivity index (χ2n) is 11.1. The van der Waals surface area contributed by atoms with Crippen LogP contribution >= 0.6 is 0 Å². The molecule has 0 spiro atoms. The van der Waals surface area contributed by atoms with Crippen LogP contribution in [0.15, 0.2) is 12.4 Å². The van der Waals surface area contributed by atoms with Crippen LogP contribution in [-0.4, -0.2) is 29.1 Å². The molecule has 202 valence electrons. The molecule has 1 heterocycles. The second kappa shape index (κ2) is 24.1. The Morgan fingerprint density at radius 3 is 1.12 bits per heavy atom. The molecule has 2 nitrogen and oxygen atoms in total. The van der Waals surface area contributed by atoms with Crippen molar-refractivity contribution in [3.63, 3.8) is 0 Å². The van der Waals surface area contributed by atoms with Gasteiger partial charge in [-0.1, -0.05) is 149 Å². The lowest BCUT2D eigenvalue weighted by molar-refractivity contribution is 0.136. The largest absolute Gasteiger partial charge is 0.356 e. The zero-order valence-corrected chi connectivity index (χ0v) is 24.0. The third kappa shape index (κ3) is 16.9. The zero-order valence-electron chi connectivity index (χ0n) is 24.0. The van der Waals surface area contributed by atoms with Crippen LogP contribution in [0.5, 0.6) is 0 Å². The summed E-state index contributed by atoms with van der Waals surface area (Å²) in [5.41, 5.74) is 0. The van der Waals surface area contributed by atoms with Gasteiger partial charge in [0.05, 0.1) is 0 Å². The molecule has 1 aliphatic rings. The molecular formula is C32H64N2. The molecule has 1 aliphatic heterocycles. The number of hydrogen-bond donors (Lipinski definition) is 0. The third-order valence-electron chi connectivity index (χ3n) is 7.82. The average Bonchev–Trinajstić information content (AvgIpc) is 3.23. The summed E-state index contributed by atoms with van der Waals surface area (Å²) in [6.07, 6.45) is 39.6. The van der Waals surface area contributed by atoms with Gasteiger partial charge in [-0.15, -0.1) is 0 Å². The van der Waals surface area contributed by atoms with Crippen LogP contribution in [0, 0.1) is 0 Å². The number of hydrogen-bond acceptors (Lipinski definition) is 2. The fraction of sp³-hybridized carbons (Fsp3) is 0.938. The number of nitrogens with zero attached hydrogens (tertiary/aromatic N) is 2. The summed E-state index contributed by atoms with van der Waals surface area (Å²) in [5, 5.41) is 0. The van der Waals surface area contributed by atoms with Crippen LogP contribution in [-0.2, 0) is 0 Å². The van der Waals surface area contributed by atoms with Crippen molar-refractivity contribution in [2.24, 2.45) is 0 Å². The van der Waals surface area contributed by atoms with Gasteiger partial charge < -0.3 is 9.80 Å². The molecule has 0 saturated heterocycles. The lowest BCUT2D eigenvalue weighted by Gasteiger charge is -2.33. The number of unbranched alkanes of at least 4 members (excludes halogenated alkanes) is 20. The van der Waals surface area contributed by atoms with Crippen LogP contribution in [0.1, 0.15) is 175 Å². The average molecular weight is 477 g/mol. The van der Waals surface area contributed by atoms with Gasteiger partial charge in [0.25, 0.3) is 0 Å². The van der Waals surface area contributed by atoms with Gasteiger partial charge in [0.2, 0.25) is 0 Å². The Bertz CT molecular complexity index is 433. The van der Waals surface area contributed by atoms with E-state index >= 15 is 0 Å². The first-order chi connectivity index (χ1) is 16.8. The molecule has 1 rings (SSSR count). The summed E-state index contributed by atoms with van der Waals surface area (Å²) in [6, 6.07) is 0. The fourth-order valence-electron chi connectivity index (χ4n) is 5.45. The fourth-order valence-corrected chi connectivity index (χ4v) is 5.45. The maximum atomic E-state index is 2.66. The molecular weight excluding hydrogens is 412 g/mol. The second-order valence-corrected chi connectivity index (χ2v) is 11.1. The predicted molar refractivity (Wildman–Crippen MR) is 154 cm³/mol. The van der Waals surface area contributed by atoms with Gasteiger partial charge in [-0.2, -0.15) is 0 Å². The van der Waals surface area contributed by atoms with Crippen molar-refractivity contribution in [1.82, 2.24) is 9.80 Å². The van der Waals surface area contributed by atoms with E-state index in [9.17, 15) is 0 Å². The van der Waals surface area contributed by atoms with Crippen LogP contribution in [0.3, 0.4) is 0 Å². The molecule has 2 heteroatoms. The standard InChI is InChI=1S/C32H64N2/c1-4-7-10-12-13-14-15-16-17-18-19-20-21-22-23-24-26-29-34-31-30-33(28-9-6-3)32(34)27-25-11-8-5-2/h30-32H,4-29H2,1-3H3. The quantitative estimate of drug-likeness (QED) is 0.114. The van der Waals surface area contributed by atoms with E-state index in [-0.39, 0.29) is 0 Å². The predicted octanol–water partition coefficient (Wildman–Crippen LogP) is 10.8. The van der Waals surface area contributed by atoms with Crippen molar-refractivity contribution in [2.75, 3.05) is 13.1 Å². The smallest absolute Gasteiger partial charge is 0.101 e. The maximum Gasteiger partial charge on any atom is 0.101 e. The van der Waals surface area contributed by atoms with E-state index in [1.54, 1.807) is 0 Å². The Balaban J connectivity index is 1.95. The van der Waals surface area contributed by atoms with Gasteiger partial charge >= 0.3 is 0 Å². The Kier molecular flexibility index (Phi) is 22.2. The van der Waals surface area contributed by atoms with Crippen molar-refractivity contribution in [2.45, 2.75) is 181 Å². The summed E-state index contributed by atoms with van der Waals surface area (Å²) < 4.78 is 0. The molecule has 1 unspecified atom stereocenters. The Labute approximate surface area is 216 Å². The highest BCUT2D eigenvalue weighted by atomic mass is 15.4. The summed E-state index contributed by atoms with van der Waals surface area (Å²) in [5.74, 6) is 0. The summed E-state index contributed by atoms with van der Waals surface area (Å²) in [4.78, 5) is 5.29. The Hall–Kier alpha value is -0.660. The van der Waals surface area contributed by atoms with Gasteiger partial charge in [-0.3, -0.25) is 0 Å². The van der Waals surface area contributed by atoms with Crippen molar-refractivity contribution >= 4 is 0 Å². The molecule has 0 aromatic rings. The van der Waals surface area contributed by atoms with Crippen molar-refractivity contribution < 1.29 is 0 Å². The summed E-state index contributed by atoms with van der Waals surface area (Å²) in [6.45, 7) is 9.43. The highest BCUT2D eigenvalue weighted by molar-refractivity contribution is 4.96. The molecule has 34 heavy (non-hydrogen) atoms. The zero-order chi connectivity index (χ0) is 24.5. The van der Waals surface area contributed by atoms with Gasteiger partial charge in [0, 0.05) is 25.5 Å². The topological polar surface area (TPSA) is 6.48 Å². The minimum Gasteiger partial charge on any atom is -0.356 e. The monoisotopic (exact) mass is 477 g/mol. The summed E-state index contributed by atoms with van der Waals surface area (Å²) >= 11 is 0. The number of rotatable bonds is 26. The molecule has 0 bridgehead atoms. The molecule has 1 atom stereocenters. The van der Waals surface area contributed by atoms with E-state index in [1.807, 2.05) is 0 Å². The normalized spacial score (nSPS) is 15.7. The van der Waals surface area contributed by atoms with Crippen molar-refractivity contribution in [3.8, 4) is 0 Å². The molecule has 0 radical (unpaired) electrons. The van der Waals surface area contributed by atoms with E-state index in [0.717, 1.165) is 0 Å². The first kappa shape index (κ1) is 31.4. The molecule has 0 N–H and O–H groups in total. The van der Waals surface area contributed by atoms with Gasteiger partial charge in [0.1, 0.15) is 6.17 Å². The third-order valence-corrected chi connectivity index (χ3v) is 7.82. The van der Waals surface area contributed by atoms with E-state index in [1.165, 1.54) is 167 Å². The molecule has 0 saturated carbocycles. The maximum absolute atomic E-state index is 2.66. The first-order valence-corrected chi connectivity index (χ1v) is 16.0. The van der Waals surface area contributed by atoms with Gasteiger partial charge in [-0.25, -0.2) is 0 Å². The van der Waals surface area contributed by atoms with Crippen molar-refractivity contribution in [3.05, 3.63) is 12.4 Å².